The van der Waals surface area contributed by atoms with Crippen LogP contribution in [0.4, 0.5) is 24.8 Å². The predicted octanol–water partition coefficient (Wildman–Crippen LogP) is 6.12. The summed E-state index contributed by atoms with van der Waals surface area (Å²) in [6.07, 6.45) is -3.88. The first-order valence-electron chi connectivity index (χ1n) is 9.11. The molecule has 4 nitrogen and oxygen atoms in total. The minimum atomic E-state index is -4.61. The molecule has 7 heteroatoms. The van der Waals surface area contributed by atoms with Gasteiger partial charge in [-0.2, -0.15) is 18.2 Å². The molecular weight excluding hydrogens is 379 g/mol. The molecule has 0 saturated carbocycles. The van der Waals surface area contributed by atoms with E-state index in [1.54, 1.807) is 24.3 Å². The Bertz CT molecular complexity index is 950. The maximum absolute atomic E-state index is 13.3. The van der Waals surface area contributed by atoms with Crippen molar-refractivity contribution in [2.24, 2.45) is 0 Å². The number of halogens is 3. The summed E-state index contributed by atoms with van der Waals surface area (Å²) in [6, 6.07) is 16.5. The fourth-order valence-electron chi connectivity index (χ4n) is 2.64. The third kappa shape index (κ3) is 5.47. The summed E-state index contributed by atoms with van der Waals surface area (Å²) >= 11 is 0. The molecule has 0 atom stereocenters. The van der Waals surface area contributed by atoms with E-state index >= 15 is 0 Å². The fourth-order valence-corrected chi connectivity index (χ4v) is 2.64. The zero-order valence-electron chi connectivity index (χ0n) is 16.4. The number of alkyl halides is 3. The van der Waals surface area contributed by atoms with Gasteiger partial charge in [-0.25, -0.2) is 4.98 Å². The number of aromatic nitrogens is 2. The third-order valence-electron chi connectivity index (χ3n) is 4.28. The highest BCUT2D eigenvalue weighted by Gasteiger charge is 2.36. The summed E-state index contributed by atoms with van der Waals surface area (Å²) in [4.78, 5) is 7.76. The highest BCUT2D eigenvalue weighted by Crippen LogP contribution is 2.35. The number of ether oxygens (including phenoxy) is 1. The van der Waals surface area contributed by atoms with E-state index in [0.29, 0.717) is 5.69 Å². The van der Waals surface area contributed by atoms with Crippen LogP contribution in [0.1, 0.15) is 37.5 Å². The Kier molecular flexibility index (Phi) is 5.77. The van der Waals surface area contributed by atoms with E-state index in [-0.39, 0.29) is 18.0 Å². The number of anilines is 2. The first-order chi connectivity index (χ1) is 13.6. The van der Waals surface area contributed by atoms with Crippen LogP contribution in [0.25, 0.3) is 0 Å². The number of benzene rings is 2. The van der Waals surface area contributed by atoms with Crippen LogP contribution in [0, 0.1) is 0 Å². The van der Waals surface area contributed by atoms with Gasteiger partial charge in [0.25, 0.3) is 0 Å². The van der Waals surface area contributed by atoms with Gasteiger partial charge < -0.3 is 10.1 Å². The van der Waals surface area contributed by atoms with E-state index in [0.717, 1.165) is 17.3 Å². The SMILES string of the molecule is CC(C)(C)c1ccc(Nc2ncc(C(F)(F)F)c(OCc3ccccc3)n2)cc1. The van der Waals surface area contributed by atoms with Crippen LogP contribution in [0.15, 0.2) is 60.8 Å². The van der Waals surface area contributed by atoms with Crippen molar-refractivity contribution in [1.82, 2.24) is 9.97 Å². The van der Waals surface area contributed by atoms with Crippen molar-refractivity contribution in [3.63, 3.8) is 0 Å². The highest BCUT2D eigenvalue weighted by atomic mass is 19.4. The molecule has 0 aliphatic heterocycles. The molecule has 0 fully saturated rings. The molecule has 0 amide bonds. The van der Waals surface area contributed by atoms with Crippen LogP contribution >= 0.6 is 0 Å². The van der Waals surface area contributed by atoms with Crippen molar-refractivity contribution in [3.8, 4) is 5.88 Å². The van der Waals surface area contributed by atoms with Crippen molar-refractivity contribution >= 4 is 11.6 Å². The molecule has 2 aromatic carbocycles. The minimum Gasteiger partial charge on any atom is -0.472 e. The number of nitrogens with zero attached hydrogens (tertiary/aromatic N) is 2. The van der Waals surface area contributed by atoms with E-state index in [2.05, 4.69) is 36.1 Å². The Hall–Kier alpha value is -3.09. The Morgan fingerprint density at radius 1 is 0.931 bits per heavy atom. The van der Waals surface area contributed by atoms with E-state index in [4.69, 9.17) is 4.74 Å². The molecule has 1 N–H and O–H groups in total. The highest BCUT2D eigenvalue weighted by molar-refractivity contribution is 5.55. The van der Waals surface area contributed by atoms with E-state index < -0.39 is 17.6 Å². The van der Waals surface area contributed by atoms with Crippen LogP contribution in [-0.4, -0.2) is 9.97 Å². The van der Waals surface area contributed by atoms with Gasteiger partial charge in [0.15, 0.2) is 0 Å². The van der Waals surface area contributed by atoms with Crippen LogP contribution in [0.3, 0.4) is 0 Å². The number of nitrogens with one attached hydrogen (secondary N) is 1. The van der Waals surface area contributed by atoms with Crippen LogP contribution in [0.2, 0.25) is 0 Å². The summed E-state index contributed by atoms with van der Waals surface area (Å²) in [5.74, 6) is -0.477. The van der Waals surface area contributed by atoms with E-state index in [1.165, 1.54) is 0 Å². The van der Waals surface area contributed by atoms with Crippen molar-refractivity contribution in [2.75, 3.05) is 5.32 Å². The Morgan fingerprint density at radius 3 is 2.17 bits per heavy atom. The fraction of sp³-hybridized carbons (Fsp3) is 0.273. The molecule has 0 saturated heterocycles. The molecule has 29 heavy (non-hydrogen) atoms. The van der Waals surface area contributed by atoms with Gasteiger partial charge in [0, 0.05) is 11.9 Å². The van der Waals surface area contributed by atoms with Gasteiger partial charge >= 0.3 is 6.18 Å². The summed E-state index contributed by atoms with van der Waals surface area (Å²) in [5, 5.41) is 2.93. The second kappa shape index (κ2) is 8.11. The standard InChI is InChI=1S/C22H22F3N3O/c1-21(2,3)16-9-11-17(12-10-16)27-20-26-13-18(22(23,24)25)19(28-20)29-14-15-7-5-4-6-8-15/h4-13H,14H2,1-3H3,(H,26,27,28). The van der Waals surface area contributed by atoms with Crippen molar-refractivity contribution in [2.45, 2.75) is 39.0 Å². The smallest absolute Gasteiger partial charge is 0.423 e. The summed E-state index contributed by atoms with van der Waals surface area (Å²) in [6.45, 7) is 6.28. The van der Waals surface area contributed by atoms with Crippen molar-refractivity contribution in [3.05, 3.63) is 77.5 Å². The lowest BCUT2D eigenvalue weighted by molar-refractivity contribution is -0.139. The second-order valence-electron chi connectivity index (χ2n) is 7.64. The number of hydrogen-bond acceptors (Lipinski definition) is 4. The lowest BCUT2D eigenvalue weighted by Crippen LogP contribution is -2.12. The molecule has 3 rings (SSSR count). The molecule has 1 heterocycles. The average molecular weight is 401 g/mol. The summed E-state index contributed by atoms with van der Waals surface area (Å²) < 4.78 is 45.3. The predicted molar refractivity (Wildman–Crippen MR) is 106 cm³/mol. The van der Waals surface area contributed by atoms with Gasteiger partial charge in [0.1, 0.15) is 12.2 Å². The number of hydrogen-bond donors (Lipinski definition) is 1. The minimum absolute atomic E-state index is 0.00182. The molecule has 3 aromatic rings. The molecule has 0 aliphatic rings. The van der Waals surface area contributed by atoms with Crippen LogP contribution in [-0.2, 0) is 18.2 Å². The van der Waals surface area contributed by atoms with Gasteiger partial charge in [-0.1, -0.05) is 63.2 Å². The summed E-state index contributed by atoms with van der Waals surface area (Å²) in [5.41, 5.74) is 1.55. The second-order valence-corrected chi connectivity index (χ2v) is 7.64. The van der Waals surface area contributed by atoms with E-state index in [1.807, 2.05) is 30.3 Å². The van der Waals surface area contributed by atoms with E-state index in [9.17, 15) is 13.2 Å². The van der Waals surface area contributed by atoms with Gasteiger partial charge in [-0.3, -0.25) is 0 Å². The largest absolute Gasteiger partial charge is 0.472 e. The molecule has 0 radical (unpaired) electrons. The molecule has 152 valence electrons. The average Bonchev–Trinajstić information content (AvgIpc) is 2.66. The first-order valence-corrected chi connectivity index (χ1v) is 9.11. The monoisotopic (exact) mass is 401 g/mol. The normalized spacial score (nSPS) is 11.9. The van der Waals surface area contributed by atoms with Gasteiger partial charge in [-0.15, -0.1) is 0 Å². The zero-order valence-corrected chi connectivity index (χ0v) is 16.4. The Labute approximate surface area is 167 Å². The Morgan fingerprint density at radius 2 is 1.59 bits per heavy atom. The number of rotatable bonds is 5. The van der Waals surface area contributed by atoms with Gasteiger partial charge in [0.2, 0.25) is 11.8 Å². The quantitative estimate of drug-likeness (QED) is 0.560. The molecular formula is C22H22F3N3O. The van der Waals surface area contributed by atoms with Crippen LogP contribution in [0.5, 0.6) is 5.88 Å². The lowest BCUT2D eigenvalue weighted by Gasteiger charge is -2.19. The molecule has 0 aliphatic carbocycles. The zero-order chi connectivity index (χ0) is 21.1. The Balaban J connectivity index is 1.82. The topological polar surface area (TPSA) is 47.0 Å². The van der Waals surface area contributed by atoms with Crippen molar-refractivity contribution < 1.29 is 17.9 Å². The molecule has 0 spiro atoms. The lowest BCUT2D eigenvalue weighted by atomic mass is 9.87. The first kappa shape index (κ1) is 20.6. The molecule has 1 aromatic heterocycles. The van der Waals surface area contributed by atoms with Gasteiger partial charge in [0.05, 0.1) is 0 Å². The maximum Gasteiger partial charge on any atom is 0.423 e. The van der Waals surface area contributed by atoms with Crippen LogP contribution < -0.4 is 10.1 Å². The third-order valence-corrected chi connectivity index (χ3v) is 4.28. The molecule has 0 unspecified atom stereocenters. The molecule has 0 bridgehead atoms. The van der Waals surface area contributed by atoms with Crippen molar-refractivity contribution in [1.29, 1.82) is 0 Å². The summed E-state index contributed by atoms with van der Waals surface area (Å²) in [7, 11) is 0. The maximum atomic E-state index is 13.3. The van der Waals surface area contributed by atoms with Gasteiger partial charge in [-0.05, 0) is 28.7 Å².